The highest BCUT2D eigenvalue weighted by Crippen LogP contribution is 2.33. The zero-order valence-corrected chi connectivity index (χ0v) is 20.8. The summed E-state index contributed by atoms with van der Waals surface area (Å²) >= 11 is 0. The first-order valence-corrected chi connectivity index (χ1v) is 12.6. The first kappa shape index (κ1) is 26.9. The largest absolute Gasteiger partial charge is 0.493 e. The monoisotopic (exact) mass is 555 g/mol. The number of aromatic nitrogens is 3. The van der Waals surface area contributed by atoms with E-state index < -0.39 is 49.9 Å². The fourth-order valence-electron chi connectivity index (χ4n) is 3.49. The average molecular weight is 556 g/mol. The molecule has 3 N–H and O–H groups in total. The van der Waals surface area contributed by atoms with Crippen LogP contribution in [-0.2, 0) is 16.2 Å². The van der Waals surface area contributed by atoms with Crippen molar-refractivity contribution in [3.8, 4) is 17.0 Å². The minimum absolute atomic E-state index is 0. The van der Waals surface area contributed by atoms with E-state index in [9.17, 15) is 30.8 Å². The van der Waals surface area contributed by atoms with Crippen LogP contribution in [-0.4, -0.2) is 35.3 Å². The number of pyridine rings is 2. The Balaban J connectivity index is 0.00000280. The number of carbonyl (C=O) groups is 1. The topological polar surface area (TPSA) is 129 Å². The molecule has 0 aliphatic carbocycles. The van der Waals surface area contributed by atoms with Gasteiger partial charge >= 0.3 is 6.18 Å². The highest BCUT2D eigenvalue weighted by Gasteiger charge is 2.35. The molecule has 0 saturated carbocycles. The molecule has 0 spiro atoms. The standard InChI is InChI=1S/C24H21F4N5O4S.2H2/c1-13(2)12-37-16-9-14(8-15(25)10-16)18-7-6-17(22-30-19(11-33(18)22)24(26,27)28)23(34)32-38(35,36)21-5-3-4-20(29)31-21;;/h3-11,13H,12H2,1-2H3,(H2,29,31)(H,32,34);2*1H. The van der Waals surface area contributed by atoms with Crippen LogP contribution in [0, 0.1) is 11.7 Å². The van der Waals surface area contributed by atoms with Gasteiger partial charge in [0.25, 0.3) is 15.9 Å². The molecule has 4 rings (SSSR count). The van der Waals surface area contributed by atoms with Crippen LogP contribution >= 0.6 is 0 Å². The molecule has 9 nitrogen and oxygen atoms in total. The third kappa shape index (κ3) is 5.69. The van der Waals surface area contributed by atoms with Gasteiger partial charge in [-0.05, 0) is 42.3 Å². The van der Waals surface area contributed by atoms with Gasteiger partial charge in [0.2, 0.25) is 0 Å². The number of alkyl halides is 3. The molecule has 38 heavy (non-hydrogen) atoms. The third-order valence-corrected chi connectivity index (χ3v) is 6.38. The lowest BCUT2D eigenvalue weighted by molar-refractivity contribution is -0.140. The molecule has 4 aromatic rings. The zero-order valence-electron chi connectivity index (χ0n) is 20.0. The van der Waals surface area contributed by atoms with Crippen molar-refractivity contribution >= 4 is 27.4 Å². The summed E-state index contributed by atoms with van der Waals surface area (Å²) in [6, 6.07) is 9.71. The van der Waals surface area contributed by atoms with Crippen LogP contribution in [0.1, 0.15) is 32.8 Å². The van der Waals surface area contributed by atoms with Crippen molar-refractivity contribution in [1.29, 1.82) is 0 Å². The minimum atomic E-state index is -4.89. The second-order valence-electron chi connectivity index (χ2n) is 8.67. The molecule has 0 atom stereocenters. The number of nitrogen functional groups attached to an aromatic ring is 1. The molecule has 0 aliphatic rings. The number of nitrogens with zero attached hydrogens (tertiary/aromatic N) is 3. The Morgan fingerprint density at radius 3 is 2.55 bits per heavy atom. The molecule has 0 saturated heterocycles. The van der Waals surface area contributed by atoms with E-state index in [1.807, 2.05) is 13.8 Å². The molecular weight excluding hydrogens is 530 g/mol. The lowest BCUT2D eigenvalue weighted by Gasteiger charge is -2.13. The number of hydrogen-bond donors (Lipinski definition) is 2. The highest BCUT2D eigenvalue weighted by atomic mass is 32.2. The summed E-state index contributed by atoms with van der Waals surface area (Å²) in [6.07, 6.45) is -4.25. The number of nitrogens with one attached hydrogen (secondary N) is 1. The Kier molecular flexibility index (Phi) is 7.02. The predicted octanol–water partition coefficient (Wildman–Crippen LogP) is 4.78. The molecule has 0 unspecified atom stereocenters. The van der Waals surface area contributed by atoms with E-state index >= 15 is 0 Å². The lowest BCUT2D eigenvalue weighted by Crippen LogP contribution is -2.31. The first-order valence-electron chi connectivity index (χ1n) is 11.1. The minimum Gasteiger partial charge on any atom is -0.493 e. The molecule has 1 amide bonds. The summed E-state index contributed by atoms with van der Waals surface area (Å²) in [6.45, 7) is 4.05. The van der Waals surface area contributed by atoms with Gasteiger partial charge in [-0.25, -0.2) is 19.1 Å². The fourth-order valence-corrected chi connectivity index (χ4v) is 4.43. The number of rotatable bonds is 7. The number of amides is 1. The van der Waals surface area contributed by atoms with Crippen molar-refractivity contribution in [2.45, 2.75) is 25.0 Å². The van der Waals surface area contributed by atoms with Crippen LogP contribution in [0.5, 0.6) is 5.75 Å². The molecule has 3 heterocycles. The van der Waals surface area contributed by atoms with E-state index in [1.54, 1.807) is 4.72 Å². The Morgan fingerprint density at radius 2 is 1.89 bits per heavy atom. The van der Waals surface area contributed by atoms with Crippen molar-refractivity contribution in [1.82, 2.24) is 19.1 Å². The number of imidazole rings is 1. The van der Waals surface area contributed by atoms with Gasteiger partial charge in [-0.3, -0.25) is 9.20 Å². The molecule has 204 valence electrons. The van der Waals surface area contributed by atoms with Crippen molar-refractivity contribution in [3.63, 3.8) is 0 Å². The Bertz CT molecular complexity index is 1650. The Morgan fingerprint density at radius 1 is 1.16 bits per heavy atom. The Hall–Kier alpha value is -4.20. The van der Waals surface area contributed by atoms with E-state index in [1.165, 1.54) is 24.3 Å². The van der Waals surface area contributed by atoms with Gasteiger partial charge in [0, 0.05) is 20.7 Å². The maximum atomic E-state index is 14.4. The lowest BCUT2D eigenvalue weighted by atomic mass is 10.1. The van der Waals surface area contributed by atoms with E-state index in [0.29, 0.717) is 6.20 Å². The number of hydrogen-bond acceptors (Lipinski definition) is 7. The van der Waals surface area contributed by atoms with Gasteiger partial charge in [-0.15, -0.1) is 0 Å². The average Bonchev–Trinajstić information content (AvgIpc) is 3.27. The van der Waals surface area contributed by atoms with Crippen LogP contribution < -0.4 is 15.2 Å². The molecule has 3 aromatic heterocycles. The smallest absolute Gasteiger partial charge is 0.434 e. The maximum absolute atomic E-state index is 14.4. The summed E-state index contributed by atoms with van der Waals surface area (Å²) in [4.78, 5) is 20.1. The third-order valence-electron chi connectivity index (χ3n) is 5.15. The molecule has 0 bridgehead atoms. The van der Waals surface area contributed by atoms with E-state index in [0.717, 1.165) is 28.7 Å². The number of fused-ring (bicyclic) bond motifs is 1. The maximum Gasteiger partial charge on any atom is 0.434 e. The zero-order chi connectivity index (χ0) is 27.8. The number of halogens is 4. The second kappa shape index (κ2) is 9.93. The summed E-state index contributed by atoms with van der Waals surface area (Å²) in [7, 11) is -4.52. The predicted molar refractivity (Wildman–Crippen MR) is 133 cm³/mol. The number of ether oxygens (including phenoxy) is 1. The van der Waals surface area contributed by atoms with Crippen LogP contribution in [0.4, 0.5) is 23.4 Å². The van der Waals surface area contributed by atoms with E-state index in [4.69, 9.17) is 10.5 Å². The summed E-state index contributed by atoms with van der Waals surface area (Å²) in [5, 5.41) is -0.563. The number of nitrogens with two attached hydrogens (primary N) is 1. The van der Waals surface area contributed by atoms with Gasteiger partial charge < -0.3 is 10.5 Å². The van der Waals surface area contributed by atoms with E-state index in [-0.39, 0.29) is 38.2 Å². The van der Waals surface area contributed by atoms with Crippen molar-refractivity contribution in [2.75, 3.05) is 12.3 Å². The van der Waals surface area contributed by atoms with Crippen LogP contribution in [0.15, 0.2) is 59.8 Å². The summed E-state index contributed by atoms with van der Waals surface area (Å²) < 4.78 is 88.6. The normalized spacial score (nSPS) is 12.2. The molecule has 0 aliphatic heterocycles. The van der Waals surface area contributed by atoms with Crippen molar-refractivity contribution in [3.05, 3.63) is 71.8 Å². The molecule has 1 aromatic carbocycles. The molecule has 14 heteroatoms. The SMILES string of the molecule is CC(C)COc1cc(F)cc(-c2ccc(C(=O)NS(=O)(=O)c3cccc(N)n3)c3nc(C(F)(F)F)cn23)c1.[HH].[HH]. The molecule has 0 fully saturated rings. The number of anilines is 1. The van der Waals surface area contributed by atoms with Crippen molar-refractivity contribution in [2.24, 2.45) is 5.92 Å². The van der Waals surface area contributed by atoms with Crippen LogP contribution in [0.2, 0.25) is 0 Å². The van der Waals surface area contributed by atoms with E-state index in [2.05, 4.69) is 9.97 Å². The van der Waals surface area contributed by atoms with Crippen LogP contribution in [0.3, 0.4) is 0 Å². The quantitative estimate of drug-likeness (QED) is 0.314. The number of carbonyl (C=O) groups excluding carboxylic acids is 1. The van der Waals surface area contributed by atoms with Gasteiger partial charge in [0.05, 0.1) is 17.9 Å². The Labute approximate surface area is 217 Å². The van der Waals surface area contributed by atoms with Crippen LogP contribution in [0.25, 0.3) is 16.9 Å². The summed E-state index contributed by atoms with van der Waals surface area (Å²) in [5.41, 5.74) is 3.36. The number of sulfonamides is 1. The fraction of sp³-hybridized carbons (Fsp3) is 0.208. The molecular formula is C24H25F4N5O4S. The van der Waals surface area contributed by atoms with Gasteiger partial charge in [-0.2, -0.15) is 21.6 Å². The number of benzene rings is 1. The van der Waals surface area contributed by atoms with Gasteiger partial charge in [0.1, 0.15) is 17.4 Å². The van der Waals surface area contributed by atoms with Gasteiger partial charge in [0.15, 0.2) is 16.4 Å². The second-order valence-corrected chi connectivity index (χ2v) is 10.3. The van der Waals surface area contributed by atoms with Crippen molar-refractivity contribution < 1.29 is 38.4 Å². The molecule has 0 radical (unpaired) electrons. The summed E-state index contributed by atoms with van der Waals surface area (Å²) in [5.74, 6) is -1.80. The highest BCUT2D eigenvalue weighted by molar-refractivity contribution is 7.90. The van der Waals surface area contributed by atoms with Gasteiger partial charge in [-0.1, -0.05) is 19.9 Å². The first-order chi connectivity index (χ1) is 17.7.